The molecule has 4 heteroatoms. The summed E-state index contributed by atoms with van der Waals surface area (Å²) in [4.78, 5) is 17.4. The molecule has 0 bridgehead atoms. The molecule has 2 aromatic heterocycles. The zero-order valence-electron chi connectivity index (χ0n) is 12.8. The number of nitrogens with one attached hydrogen (secondary N) is 1. The van der Waals surface area contributed by atoms with Crippen molar-refractivity contribution in [3.63, 3.8) is 0 Å². The molecule has 0 saturated carbocycles. The number of aryl methyl sites for hydroxylation is 2. The molecule has 0 amide bonds. The Kier molecular flexibility index (Phi) is 3.16. The molecule has 1 N–H and O–H groups in total. The molecule has 21 heavy (non-hydrogen) atoms. The van der Waals surface area contributed by atoms with Gasteiger partial charge in [-0.2, -0.15) is 0 Å². The number of hydrogen-bond acceptors (Lipinski definition) is 2. The third-order valence-corrected chi connectivity index (χ3v) is 3.83. The van der Waals surface area contributed by atoms with Crippen LogP contribution in [-0.4, -0.2) is 14.6 Å². The van der Waals surface area contributed by atoms with Gasteiger partial charge in [-0.05, 0) is 25.3 Å². The number of benzene rings is 1. The summed E-state index contributed by atoms with van der Waals surface area (Å²) in [6.45, 7) is 7.92. The highest BCUT2D eigenvalue weighted by molar-refractivity contribution is 5.79. The van der Waals surface area contributed by atoms with E-state index in [1.165, 1.54) is 0 Å². The van der Waals surface area contributed by atoms with E-state index in [4.69, 9.17) is 0 Å². The van der Waals surface area contributed by atoms with Gasteiger partial charge >= 0.3 is 0 Å². The van der Waals surface area contributed by atoms with Gasteiger partial charge in [0, 0.05) is 22.5 Å². The topological polar surface area (TPSA) is 50.2 Å². The Balaban J connectivity index is 2.40. The van der Waals surface area contributed by atoms with Gasteiger partial charge in [0.25, 0.3) is 5.56 Å². The van der Waals surface area contributed by atoms with Crippen LogP contribution in [0, 0.1) is 13.8 Å². The zero-order chi connectivity index (χ0) is 15.1. The molecule has 0 aliphatic heterocycles. The van der Waals surface area contributed by atoms with Crippen LogP contribution in [0.2, 0.25) is 0 Å². The van der Waals surface area contributed by atoms with Gasteiger partial charge in [-0.25, -0.2) is 9.50 Å². The molecular weight excluding hydrogens is 262 g/mol. The molecule has 4 nitrogen and oxygen atoms in total. The van der Waals surface area contributed by atoms with Crippen LogP contribution in [0.25, 0.3) is 16.8 Å². The van der Waals surface area contributed by atoms with Gasteiger partial charge in [0.05, 0.1) is 0 Å². The fraction of sp³-hybridized carbons (Fsp3) is 0.294. The molecule has 0 saturated heterocycles. The number of H-pyrrole nitrogens is 1. The van der Waals surface area contributed by atoms with E-state index in [0.29, 0.717) is 5.65 Å². The number of aromatic amines is 1. The quantitative estimate of drug-likeness (QED) is 0.782. The van der Waals surface area contributed by atoms with Crippen molar-refractivity contribution in [2.75, 3.05) is 0 Å². The van der Waals surface area contributed by atoms with Crippen LogP contribution in [0.1, 0.15) is 36.7 Å². The van der Waals surface area contributed by atoms with Gasteiger partial charge in [0.1, 0.15) is 0 Å². The van der Waals surface area contributed by atoms with Crippen LogP contribution in [0.15, 0.2) is 35.1 Å². The van der Waals surface area contributed by atoms with E-state index in [0.717, 1.165) is 28.1 Å². The standard InChI is InChI=1S/C17H19N3O/c1-10(2)14-11(3)18-16-15(13-8-6-5-7-9-13)12(4)19-20(16)17(14)21/h5-10,19H,1-4H3. The van der Waals surface area contributed by atoms with Gasteiger partial charge in [0.15, 0.2) is 5.65 Å². The molecule has 2 heterocycles. The van der Waals surface area contributed by atoms with Crippen LogP contribution in [-0.2, 0) is 0 Å². The highest BCUT2D eigenvalue weighted by Gasteiger charge is 2.18. The van der Waals surface area contributed by atoms with E-state index in [1.807, 2.05) is 58.0 Å². The molecule has 108 valence electrons. The van der Waals surface area contributed by atoms with Crippen molar-refractivity contribution in [3.8, 4) is 11.1 Å². The average molecular weight is 281 g/mol. The van der Waals surface area contributed by atoms with Gasteiger partial charge in [0.2, 0.25) is 0 Å². The maximum Gasteiger partial charge on any atom is 0.276 e. The molecule has 0 radical (unpaired) electrons. The number of aromatic nitrogens is 3. The predicted octanol–water partition coefficient (Wildman–Crippen LogP) is 3.43. The second-order valence-electron chi connectivity index (χ2n) is 5.71. The van der Waals surface area contributed by atoms with Gasteiger partial charge < -0.3 is 0 Å². The second-order valence-corrected chi connectivity index (χ2v) is 5.71. The maximum absolute atomic E-state index is 12.7. The SMILES string of the molecule is Cc1nc2c(-c3ccccc3)c(C)[nH]n2c(=O)c1C(C)C. The minimum Gasteiger partial charge on any atom is -0.293 e. The molecule has 0 atom stereocenters. The van der Waals surface area contributed by atoms with Crippen LogP contribution < -0.4 is 5.56 Å². The fourth-order valence-corrected chi connectivity index (χ4v) is 2.92. The molecule has 3 rings (SSSR count). The first-order chi connectivity index (χ1) is 10.0. The number of hydrogen-bond donors (Lipinski definition) is 1. The fourth-order valence-electron chi connectivity index (χ4n) is 2.92. The van der Waals surface area contributed by atoms with E-state index in [-0.39, 0.29) is 11.5 Å². The smallest absolute Gasteiger partial charge is 0.276 e. The summed E-state index contributed by atoms with van der Waals surface area (Å²) in [6.07, 6.45) is 0. The van der Waals surface area contributed by atoms with Crippen molar-refractivity contribution in [2.45, 2.75) is 33.6 Å². The van der Waals surface area contributed by atoms with E-state index in [1.54, 1.807) is 4.52 Å². The molecule has 0 spiro atoms. The average Bonchev–Trinajstić information content (AvgIpc) is 2.76. The zero-order valence-corrected chi connectivity index (χ0v) is 12.8. The molecule has 1 aromatic carbocycles. The Morgan fingerprint density at radius 3 is 2.43 bits per heavy atom. The Hall–Kier alpha value is -2.36. The first-order valence-corrected chi connectivity index (χ1v) is 7.18. The van der Waals surface area contributed by atoms with Gasteiger partial charge in [-0.3, -0.25) is 9.89 Å². The van der Waals surface area contributed by atoms with E-state index < -0.39 is 0 Å². The van der Waals surface area contributed by atoms with Gasteiger partial charge in [-0.1, -0.05) is 44.2 Å². The summed E-state index contributed by atoms with van der Waals surface area (Å²) in [5.41, 5.74) is 5.29. The van der Waals surface area contributed by atoms with E-state index in [9.17, 15) is 4.79 Å². The lowest BCUT2D eigenvalue weighted by Gasteiger charge is -2.08. The summed E-state index contributed by atoms with van der Waals surface area (Å²) in [7, 11) is 0. The van der Waals surface area contributed by atoms with Crippen molar-refractivity contribution < 1.29 is 0 Å². The Morgan fingerprint density at radius 1 is 1.14 bits per heavy atom. The van der Waals surface area contributed by atoms with Crippen LogP contribution in [0.4, 0.5) is 0 Å². The summed E-state index contributed by atoms with van der Waals surface area (Å²) >= 11 is 0. The van der Waals surface area contributed by atoms with Crippen molar-refractivity contribution in [3.05, 3.63) is 57.6 Å². The molecule has 0 aliphatic rings. The van der Waals surface area contributed by atoms with Crippen molar-refractivity contribution in [1.82, 2.24) is 14.6 Å². The highest BCUT2D eigenvalue weighted by atomic mass is 16.1. The summed E-state index contributed by atoms with van der Waals surface area (Å²) < 4.78 is 1.57. The largest absolute Gasteiger partial charge is 0.293 e. The molecule has 3 aromatic rings. The Labute approximate surface area is 123 Å². The van der Waals surface area contributed by atoms with Crippen molar-refractivity contribution >= 4 is 5.65 Å². The van der Waals surface area contributed by atoms with Crippen LogP contribution >= 0.6 is 0 Å². The number of nitrogens with zero attached hydrogens (tertiary/aromatic N) is 2. The van der Waals surface area contributed by atoms with Crippen molar-refractivity contribution in [2.24, 2.45) is 0 Å². The van der Waals surface area contributed by atoms with Gasteiger partial charge in [-0.15, -0.1) is 0 Å². The minimum atomic E-state index is -0.00205. The summed E-state index contributed by atoms with van der Waals surface area (Å²) in [6, 6.07) is 10.0. The third kappa shape index (κ3) is 2.07. The summed E-state index contributed by atoms with van der Waals surface area (Å²) in [5.74, 6) is 0.158. The molecule has 0 fully saturated rings. The second kappa shape index (κ2) is 4.88. The Bertz CT molecular complexity index is 857. The van der Waals surface area contributed by atoms with Crippen LogP contribution in [0.5, 0.6) is 0 Å². The monoisotopic (exact) mass is 281 g/mol. The van der Waals surface area contributed by atoms with Crippen LogP contribution in [0.3, 0.4) is 0 Å². The third-order valence-electron chi connectivity index (χ3n) is 3.83. The predicted molar refractivity (Wildman–Crippen MR) is 84.8 cm³/mol. The normalized spacial score (nSPS) is 11.5. The number of fused-ring (bicyclic) bond motifs is 1. The van der Waals surface area contributed by atoms with E-state index >= 15 is 0 Å². The lowest BCUT2D eigenvalue weighted by molar-refractivity contribution is 0.776. The first-order valence-electron chi connectivity index (χ1n) is 7.18. The molecule has 0 aliphatic carbocycles. The first kappa shape index (κ1) is 13.6. The van der Waals surface area contributed by atoms with Crippen molar-refractivity contribution in [1.29, 1.82) is 0 Å². The maximum atomic E-state index is 12.7. The minimum absolute atomic E-state index is 0.00205. The molecule has 0 unspecified atom stereocenters. The number of rotatable bonds is 2. The highest BCUT2D eigenvalue weighted by Crippen LogP contribution is 2.27. The van der Waals surface area contributed by atoms with E-state index in [2.05, 4.69) is 10.1 Å². The Morgan fingerprint density at radius 2 is 1.81 bits per heavy atom. The molecular formula is C17H19N3O. The summed E-state index contributed by atoms with van der Waals surface area (Å²) in [5, 5.41) is 3.16. The lowest BCUT2D eigenvalue weighted by Crippen LogP contribution is -2.22. The lowest BCUT2D eigenvalue weighted by atomic mass is 10.0.